The van der Waals surface area contributed by atoms with Crippen LogP contribution in [-0.4, -0.2) is 23.3 Å². The normalized spacial score (nSPS) is 13.9. The molecule has 0 saturated heterocycles. The zero-order valence-corrected chi connectivity index (χ0v) is 17.3. The van der Waals surface area contributed by atoms with Crippen molar-refractivity contribution in [2.45, 2.75) is 19.5 Å². The molecule has 1 aromatic carbocycles. The monoisotopic (exact) mass is 431 g/mol. The summed E-state index contributed by atoms with van der Waals surface area (Å²) >= 11 is 8.55. The molecule has 0 aliphatic carbocycles. The summed E-state index contributed by atoms with van der Waals surface area (Å²) < 4.78 is 0.544. The number of carbonyl (C=O) groups is 2. The van der Waals surface area contributed by atoms with E-state index >= 15 is 0 Å². The predicted octanol–water partition coefficient (Wildman–Crippen LogP) is 4.37. The lowest BCUT2D eigenvalue weighted by molar-refractivity contribution is 0.0999. The van der Waals surface area contributed by atoms with Crippen LogP contribution in [0, 0.1) is 0 Å². The van der Waals surface area contributed by atoms with Crippen LogP contribution in [0.1, 0.15) is 36.0 Å². The molecule has 2 aromatic heterocycles. The van der Waals surface area contributed by atoms with Gasteiger partial charge in [0.1, 0.15) is 5.00 Å². The van der Waals surface area contributed by atoms with Crippen molar-refractivity contribution in [1.82, 2.24) is 4.90 Å². The van der Waals surface area contributed by atoms with Crippen LogP contribution in [0.25, 0.3) is 0 Å². The smallest absolute Gasteiger partial charge is 0.266 e. The fraction of sp³-hybridized carbons (Fsp3) is 0.200. The van der Waals surface area contributed by atoms with E-state index in [-0.39, 0.29) is 5.91 Å². The number of primary amides is 1. The molecule has 0 bridgehead atoms. The zero-order valence-electron chi connectivity index (χ0n) is 14.9. The minimum Gasteiger partial charge on any atom is -0.365 e. The number of halogens is 1. The second kappa shape index (κ2) is 8.05. The van der Waals surface area contributed by atoms with Crippen LogP contribution in [0.5, 0.6) is 0 Å². The Kier molecular flexibility index (Phi) is 5.50. The number of nitrogens with zero attached hydrogens (tertiary/aromatic N) is 1. The molecule has 0 radical (unpaired) electrons. The summed E-state index contributed by atoms with van der Waals surface area (Å²) in [6.45, 7) is 2.42. The Labute approximate surface area is 175 Å². The highest BCUT2D eigenvalue weighted by Crippen LogP contribution is 2.37. The molecule has 0 spiro atoms. The number of thiophene rings is 2. The molecule has 2 amide bonds. The van der Waals surface area contributed by atoms with Crippen LogP contribution in [0.4, 0.5) is 5.00 Å². The number of hydrogen-bond donors (Lipinski definition) is 2. The average molecular weight is 432 g/mol. The van der Waals surface area contributed by atoms with E-state index in [1.54, 1.807) is 12.1 Å². The van der Waals surface area contributed by atoms with E-state index in [2.05, 4.69) is 22.3 Å². The van der Waals surface area contributed by atoms with Gasteiger partial charge in [-0.15, -0.1) is 22.7 Å². The first kappa shape index (κ1) is 19.1. The SMILES string of the molecule is NC(=O)c1c(NC(=O)c2ccc(Cl)s2)sc2c1CCN(Cc1ccccc1)C2. The van der Waals surface area contributed by atoms with Gasteiger partial charge in [0.15, 0.2) is 0 Å². The zero-order chi connectivity index (χ0) is 19.7. The topological polar surface area (TPSA) is 75.4 Å². The third-order valence-electron chi connectivity index (χ3n) is 4.66. The van der Waals surface area contributed by atoms with Gasteiger partial charge < -0.3 is 11.1 Å². The first-order chi connectivity index (χ1) is 13.5. The third-order valence-corrected chi connectivity index (χ3v) is 7.02. The summed E-state index contributed by atoms with van der Waals surface area (Å²) in [7, 11) is 0. The Bertz CT molecular complexity index is 1030. The lowest BCUT2D eigenvalue weighted by Gasteiger charge is -2.27. The van der Waals surface area contributed by atoms with Crippen LogP contribution in [-0.2, 0) is 19.5 Å². The predicted molar refractivity (Wildman–Crippen MR) is 114 cm³/mol. The van der Waals surface area contributed by atoms with E-state index in [0.29, 0.717) is 19.8 Å². The maximum atomic E-state index is 12.5. The van der Waals surface area contributed by atoms with Crippen LogP contribution < -0.4 is 11.1 Å². The van der Waals surface area contributed by atoms with Gasteiger partial charge in [0.05, 0.1) is 14.8 Å². The molecule has 0 atom stereocenters. The minimum absolute atomic E-state index is 0.279. The van der Waals surface area contributed by atoms with E-state index in [1.807, 2.05) is 18.2 Å². The van der Waals surface area contributed by atoms with Gasteiger partial charge in [0, 0.05) is 24.5 Å². The van der Waals surface area contributed by atoms with Gasteiger partial charge in [-0.2, -0.15) is 0 Å². The van der Waals surface area contributed by atoms with E-state index in [0.717, 1.165) is 36.5 Å². The molecule has 144 valence electrons. The molecule has 3 aromatic rings. The number of hydrogen-bond acceptors (Lipinski definition) is 5. The third kappa shape index (κ3) is 3.98. The number of amides is 2. The lowest BCUT2D eigenvalue weighted by Crippen LogP contribution is -2.30. The van der Waals surface area contributed by atoms with Crippen molar-refractivity contribution in [1.29, 1.82) is 0 Å². The molecule has 8 heteroatoms. The molecule has 0 fully saturated rings. The minimum atomic E-state index is -0.506. The molecule has 3 heterocycles. The standard InChI is InChI=1S/C20H18ClN3O2S2/c21-16-7-6-14(27-16)19(26)23-20-17(18(22)25)13-8-9-24(11-15(13)28-20)10-12-4-2-1-3-5-12/h1-7H,8-11H2,(H2,22,25)(H,23,26). The highest BCUT2D eigenvalue weighted by molar-refractivity contribution is 7.18. The van der Waals surface area contributed by atoms with Gasteiger partial charge in [-0.25, -0.2) is 0 Å². The Morgan fingerprint density at radius 1 is 1.14 bits per heavy atom. The number of rotatable bonds is 5. The quantitative estimate of drug-likeness (QED) is 0.629. The molecule has 4 rings (SSSR count). The van der Waals surface area contributed by atoms with Crippen molar-refractivity contribution in [2.75, 3.05) is 11.9 Å². The first-order valence-electron chi connectivity index (χ1n) is 8.78. The second-order valence-corrected chi connectivity index (χ2v) is 9.40. The average Bonchev–Trinajstić information content (AvgIpc) is 3.25. The summed E-state index contributed by atoms with van der Waals surface area (Å²) in [5, 5.41) is 3.38. The van der Waals surface area contributed by atoms with Gasteiger partial charge in [-0.05, 0) is 29.7 Å². The molecular weight excluding hydrogens is 414 g/mol. The van der Waals surface area contributed by atoms with E-state index in [4.69, 9.17) is 17.3 Å². The number of nitrogens with one attached hydrogen (secondary N) is 1. The van der Waals surface area contributed by atoms with Gasteiger partial charge in [0.2, 0.25) is 0 Å². The summed E-state index contributed by atoms with van der Waals surface area (Å²) in [5.74, 6) is -0.785. The lowest BCUT2D eigenvalue weighted by atomic mass is 10.0. The van der Waals surface area contributed by atoms with E-state index in [9.17, 15) is 9.59 Å². The molecule has 1 aliphatic heterocycles. The molecule has 28 heavy (non-hydrogen) atoms. The summed E-state index contributed by atoms with van der Waals surface area (Å²) in [4.78, 5) is 28.5. The first-order valence-corrected chi connectivity index (χ1v) is 10.8. The van der Waals surface area contributed by atoms with Gasteiger partial charge in [0.25, 0.3) is 11.8 Å². The maximum Gasteiger partial charge on any atom is 0.266 e. The second-order valence-electron chi connectivity index (χ2n) is 6.58. The maximum absolute atomic E-state index is 12.5. The van der Waals surface area contributed by atoms with Crippen molar-refractivity contribution in [3.63, 3.8) is 0 Å². The highest BCUT2D eigenvalue weighted by Gasteiger charge is 2.28. The number of fused-ring (bicyclic) bond motifs is 1. The van der Waals surface area contributed by atoms with Gasteiger partial charge in [-0.3, -0.25) is 14.5 Å². The molecule has 5 nitrogen and oxygen atoms in total. The summed E-state index contributed by atoms with van der Waals surface area (Å²) in [6.07, 6.45) is 0.734. The van der Waals surface area contributed by atoms with Crippen molar-refractivity contribution in [3.8, 4) is 0 Å². The molecule has 3 N–H and O–H groups in total. The molecule has 1 aliphatic rings. The molecular formula is C20H18ClN3O2S2. The van der Waals surface area contributed by atoms with Crippen LogP contribution in [0.2, 0.25) is 4.34 Å². The number of benzene rings is 1. The van der Waals surface area contributed by atoms with Gasteiger partial charge in [-0.1, -0.05) is 41.9 Å². The van der Waals surface area contributed by atoms with Crippen LogP contribution in [0.15, 0.2) is 42.5 Å². The summed E-state index contributed by atoms with van der Waals surface area (Å²) in [5.41, 5.74) is 8.29. The summed E-state index contributed by atoms with van der Waals surface area (Å²) in [6, 6.07) is 13.6. The number of anilines is 1. The molecule has 0 unspecified atom stereocenters. The Morgan fingerprint density at radius 2 is 1.93 bits per heavy atom. The van der Waals surface area contributed by atoms with Crippen LogP contribution in [0.3, 0.4) is 0 Å². The number of nitrogens with two attached hydrogens (primary N) is 1. The van der Waals surface area contributed by atoms with Crippen molar-refractivity contribution < 1.29 is 9.59 Å². The fourth-order valence-corrected chi connectivity index (χ4v) is 5.61. The molecule has 0 saturated carbocycles. The fourth-order valence-electron chi connectivity index (χ4n) is 3.38. The largest absolute Gasteiger partial charge is 0.365 e. The number of carbonyl (C=O) groups excluding carboxylic acids is 2. The van der Waals surface area contributed by atoms with Crippen molar-refractivity contribution >= 4 is 51.1 Å². The van der Waals surface area contributed by atoms with Crippen LogP contribution >= 0.6 is 34.3 Å². The van der Waals surface area contributed by atoms with E-state index < -0.39 is 5.91 Å². The van der Waals surface area contributed by atoms with Crippen molar-refractivity contribution in [3.05, 3.63) is 73.2 Å². The van der Waals surface area contributed by atoms with Crippen molar-refractivity contribution in [2.24, 2.45) is 5.73 Å². The Balaban J connectivity index is 1.56. The Hall–Kier alpha value is -2.19. The van der Waals surface area contributed by atoms with E-state index in [1.165, 1.54) is 28.2 Å². The highest BCUT2D eigenvalue weighted by atomic mass is 35.5. The Morgan fingerprint density at radius 3 is 2.61 bits per heavy atom. The van der Waals surface area contributed by atoms with Gasteiger partial charge >= 0.3 is 0 Å².